The van der Waals surface area contributed by atoms with Crippen LogP contribution >= 0.6 is 0 Å². The first-order valence-electron chi connectivity index (χ1n) is 11.4. The Balaban J connectivity index is 1.59. The van der Waals surface area contributed by atoms with Gasteiger partial charge in [-0.3, -0.25) is 14.8 Å². The number of aromatic nitrogens is 3. The lowest BCUT2D eigenvalue weighted by Gasteiger charge is -2.24. The summed E-state index contributed by atoms with van der Waals surface area (Å²) in [6.07, 6.45) is 7.38. The number of nitrogens with two attached hydrogens (primary N) is 3. The first-order valence-corrected chi connectivity index (χ1v) is 11.4. The molecule has 0 aliphatic carbocycles. The Morgan fingerprint density at radius 3 is 2.91 bits per heavy atom. The lowest BCUT2D eigenvalue weighted by atomic mass is 10.1. The average Bonchev–Trinajstić information content (AvgIpc) is 3.14. The van der Waals surface area contributed by atoms with Crippen LogP contribution in [0.25, 0.3) is 11.4 Å². The maximum atomic E-state index is 12.0. The predicted molar refractivity (Wildman–Crippen MR) is 127 cm³/mol. The number of carbonyl (C=O) groups is 1. The number of unbranched alkanes of at least 4 members (excludes halogenated alkanes) is 2. The second-order valence-electron chi connectivity index (χ2n) is 8.01. The molecule has 174 valence electrons. The molecule has 0 saturated carbocycles. The third-order valence-electron chi connectivity index (χ3n) is 5.45. The average molecular weight is 442 g/mol. The van der Waals surface area contributed by atoms with Crippen molar-refractivity contribution in [2.75, 3.05) is 18.4 Å². The number of nitrogens with zero attached hydrogens (tertiary/aromatic N) is 4. The molecule has 10 heteroatoms. The SMILES string of the molecule is CCCCc1nc2c(n1CCCCNC(=O)CCCN=C(N)N)-c1ncccc1NC2N. The molecule has 8 N–H and O–H groups in total. The Morgan fingerprint density at radius 1 is 1.28 bits per heavy atom. The van der Waals surface area contributed by atoms with Gasteiger partial charge in [-0.25, -0.2) is 4.98 Å². The molecule has 0 bridgehead atoms. The van der Waals surface area contributed by atoms with E-state index >= 15 is 0 Å². The van der Waals surface area contributed by atoms with Crippen LogP contribution in [0.4, 0.5) is 5.69 Å². The van der Waals surface area contributed by atoms with Crippen LogP contribution in [0.2, 0.25) is 0 Å². The third-order valence-corrected chi connectivity index (χ3v) is 5.45. The van der Waals surface area contributed by atoms with E-state index in [4.69, 9.17) is 22.2 Å². The minimum absolute atomic E-state index is 0.0228. The number of hydrogen-bond donors (Lipinski definition) is 5. The van der Waals surface area contributed by atoms with Crippen molar-refractivity contribution in [2.45, 2.75) is 64.6 Å². The maximum absolute atomic E-state index is 12.0. The Bertz CT molecular complexity index is 933. The van der Waals surface area contributed by atoms with Gasteiger partial charge >= 0.3 is 0 Å². The molecule has 10 nitrogen and oxygen atoms in total. The molecule has 0 fully saturated rings. The van der Waals surface area contributed by atoms with Gasteiger partial charge in [0.25, 0.3) is 0 Å². The highest BCUT2D eigenvalue weighted by atomic mass is 16.1. The summed E-state index contributed by atoms with van der Waals surface area (Å²) in [4.78, 5) is 25.3. The number of carbonyl (C=O) groups excluding carboxylic acids is 1. The van der Waals surface area contributed by atoms with Gasteiger partial charge in [0.2, 0.25) is 5.91 Å². The summed E-state index contributed by atoms with van der Waals surface area (Å²) in [7, 11) is 0. The Hall–Kier alpha value is -3.14. The zero-order valence-electron chi connectivity index (χ0n) is 18.8. The molecule has 1 unspecified atom stereocenters. The van der Waals surface area contributed by atoms with Crippen molar-refractivity contribution in [3.8, 4) is 11.4 Å². The molecule has 3 heterocycles. The molecular weight excluding hydrogens is 406 g/mol. The number of fused-ring (bicyclic) bond motifs is 3. The van der Waals surface area contributed by atoms with Crippen LogP contribution in [0, 0.1) is 0 Å². The molecule has 3 rings (SSSR count). The summed E-state index contributed by atoms with van der Waals surface area (Å²) in [5.74, 6) is 1.13. The highest BCUT2D eigenvalue weighted by Crippen LogP contribution is 2.38. The second-order valence-corrected chi connectivity index (χ2v) is 8.01. The Morgan fingerprint density at radius 2 is 2.12 bits per heavy atom. The maximum Gasteiger partial charge on any atom is 0.220 e. The minimum atomic E-state index is -0.346. The van der Waals surface area contributed by atoms with Crippen LogP contribution in [0.5, 0.6) is 0 Å². The monoisotopic (exact) mass is 441 g/mol. The molecule has 2 aromatic rings. The lowest BCUT2D eigenvalue weighted by Crippen LogP contribution is -2.26. The molecule has 0 saturated heterocycles. The highest BCUT2D eigenvalue weighted by Gasteiger charge is 2.29. The van der Waals surface area contributed by atoms with E-state index in [0.29, 0.717) is 25.9 Å². The quantitative estimate of drug-likeness (QED) is 0.190. The van der Waals surface area contributed by atoms with Crippen molar-refractivity contribution < 1.29 is 4.79 Å². The molecule has 1 aliphatic rings. The topological polar surface area (TPSA) is 162 Å². The van der Waals surface area contributed by atoms with Crippen molar-refractivity contribution in [3.63, 3.8) is 0 Å². The summed E-state index contributed by atoms with van der Waals surface area (Å²) in [6.45, 7) is 4.09. The van der Waals surface area contributed by atoms with Gasteiger partial charge in [-0.1, -0.05) is 13.3 Å². The number of guanidine groups is 1. The highest BCUT2D eigenvalue weighted by molar-refractivity contribution is 5.78. The van der Waals surface area contributed by atoms with Crippen molar-refractivity contribution in [2.24, 2.45) is 22.2 Å². The van der Waals surface area contributed by atoms with Gasteiger partial charge in [0.15, 0.2) is 5.96 Å². The van der Waals surface area contributed by atoms with E-state index < -0.39 is 0 Å². The van der Waals surface area contributed by atoms with Crippen molar-refractivity contribution in [3.05, 3.63) is 29.8 Å². The number of aliphatic imine (C=N–C) groups is 1. The number of amides is 1. The number of hydrogen-bond acceptors (Lipinski definition) is 6. The van der Waals surface area contributed by atoms with Crippen molar-refractivity contribution in [1.29, 1.82) is 0 Å². The molecule has 0 aromatic carbocycles. The first kappa shape index (κ1) is 23.5. The fourth-order valence-corrected chi connectivity index (χ4v) is 3.86. The van der Waals surface area contributed by atoms with E-state index in [1.165, 1.54) is 0 Å². The molecule has 0 radical (unpaired) electrons. The number of imidazole rings is 1. The van der Waals surface area contributed by atoms with E-state index in [1.54, 1.807) is 6.20 Å². The fourth-order valence-electron chi connectivity index (χ4n) is 3.86. The molecule has 1 atom stereocenters. The molecule has 1 aliphatic heterocycles. The van der Waals surface area contributed by atoms with Crippen LogP contribution in [-0.2, 0) is 17.8 Å². The summed E-state index contributed by atoms with van der Waals surface area (Å²) in [5, 5.41) is 6.27. The van der Waals surface area contributed by atoms with Gasteiger partial charge in [0, 0.05) is 38.7 Å². The van der Waals surface area contributed by atoms with Crippen LogP contribution in [0.3, 0.4) is 0 Å². The summed E-state index contributed by atoms with van der Waals surface area (Å²) in [6, 6.07) is 3.90. The van der Waals surface area contributed by atoms with Gasteiger partial charge in [-0.05, 0) is 37.8 Å². The van der Waals surface area contributed by atoms with Crippen LogP contribution in [0.15, 0.2) is 23.3 Å². The lowest BCUT2D eigenvalue weighted by molar-refractivity contribution is -0.121. The number of pyridine rings is 1. The molecule has 32 heavy (non-hydrogen) atoms. The van der Waals surface area contributed by atoms with Gasteiger partial charge in [-0.15, -0.1) is 0 Å². The molecule has 1 amide bonds. The van der Waals surface area contributed by atoms with E-state index in [0.717, 1.165) is 67.2 Å². The largest absolute Gasteiger partial charge is 0.370 e. The van der Waals surface area contributed by atoms with E-state index in [-0.39, 0.29) is 18.0 Å². The van der Waals surface area contributed by atoms with Gasteiger partial charge in [0.05, 0.1) is 11.4 Å². The molecule has 0 spiro atoms. The van der Waals surface area contributed by atoms with E-state index in [9.17, 15) is 4.79 Å². The molecular formula is C22H35N9O. The number of rotatable bonds is 12. The normalized spacial score (nSPS) is 14.2. The van der Waals surface area contributed by atoms with Gasteiger partial charge < -0.3 is 32.4 Å². The zero-order valence-corrected chi connectivity index (χ0v) is 18.8. The van der Waals surface area contributed by atoms with Crippen molar-refractivity contribution in [1.82, 2.24) is 19.9 Å². The van der Waals surface area contributed by atoms with Gasteiger partial charge in [0.1, 0.15) is 23.4 Å². The van der Waals surface area contributed by atoms with E-state index in [1.807, 2.05) is 12.1 Å². The second kappa shape index (κ2) is 11.5. The third kappa shape index (κ3) is 5.97. The Labute approximate surface area is 189 Å². The summed E-state index contributed by atoms with van der Waals surface area (Å²) in [5.41, 5.74) is 20.6. The standard InChI is InChI=1S/C22H35N9O/c1-2-3-9-16-30-19-20(18-15(29-21(19)23)8-6-12-27-18)31(16)14-5-4-11-26-17(32)10-7-13-28-22(24)25/h6,8,12,21,29H,2-5,7,9-11,13-14,23H2,1H3,(H,26,32)(H4,24,25,28). The number of nitrogens with one attached hydrogen (secondary N) is 2. The first-order chi connectivity index (χ1) is 15.5. The van der Waals surface area contributed by atoms with Crippen molar-refractivity contribution >= 4 is 17.6 Å². The summed E-state index contributed by atoms with van der Waals surface area (Å²) < 4.78 is 2.27. The van der Waals surface area contributed by atoms with Crippen LogP contribution in [-0.4, -0.2) is 39.5 Å². The smallest absolute Gasteiger partial charge is 0.220 e. The van der Waals surface area contributed by atoms with Crippen LogP contribution in [0.1, 0.15) is 63.1 Å². The minimum Gasteiger partial charge on any atom is -0.370 e. The van der Waals surface area contributed by atoms with E-state index in [2.05, 4.69) is 32.1 Å². The Kier molecular flexibility index (Phi) is 8.43. The number of aryl methyl sites for hydroxylation is 1. The fraction of sp³-hybridized carbons (Fsp3) is 0.545. The number of anilines is 1. The van der Waals surface area contributed by atoms with Gasteiger partial charge in [-0.2, -0.15) is 0 Å². The predicted octanol–water partition coefficient (Wildman–Crippen LogP) is 1.62. The molecule has 2 aromatic heterocycles. The van der Waals surface area contributed by atoms with Crippen LogP contribution < -0.4 is 27.8 Å². The zero-order chi connectivity index (χ0) is 22.9. The summed E-state index contributed by atoms with van der Waals surface area (Å²) >= 11 is 0.